The number of carbonyl (C=O) groups is 2. The second-order valence-corrected chi connectivity index (χ2v) is 5.00. The summed E-state index contributed by atoms with van der Waals surface area (Å²) in [5, 5.41) is 10.8. The van der Waals surface area contributed by atoms with E-state index in [4.69, 9.17) is 5.73 Å². The maximum absolute atomic E-state index is 11.3. The van der Waals surface area contributed by atoms with E-state index in [-0.39, 0.29) is 23.9 Å². The Morgan fingerprint density at radius 3 is 2.28 bits per heavy atom. The summed E-state index contributed by atoms with van der Waals surface area (Å²) in [7, 11) is 0. The molecule has 4 N–H and O–H groups in total. The average Bonchev–Trinajstić information content (AvgIpc) is 2.25. The molecule has 0 aromatic rings. The zero-order valence-corrected chi connectivity index (χ0v) is 11.5. The van der Waals surface area contributed by atoms with E-state index in [2.05, 4.69) is 23.1 Å². The van der Waals surface area contributed by atoms with E-state index >= 15 is 0 Å². The summed E-state index contributed by atoms with van der Waals surface area (Å²) < 4.78 is 0. The van der Waals surface area contributed by atoms with Crippen LogP contribution in [0.2, 0.25) is 0 Å². The van der Waals surface area contributed by atoms with Crippen molar-refractivity contribution >= 4 is 29.2 Å². The van der Waals surface area contributed by atoms with Crippen molar-refractivity contribution in [1.82, 2.24) is 10.9 Å². The number of rotatable bonds is 7. The van der Waals surface area contributed by atoms with Gasteiger partial charge in [0.05, 0.1) is 0 Å². The van der Waals surface area contributed by atoms with Gasteiger partial charge in [-0.3, -0.25) is 15.6 Å². The molecule has 0 aromatic carbocycles. The molecule has 0 bridgehead atoms. The van der Waals surface area contributed by atoms with Gasteiger partial charge in [0.25, 0.3) is 0 Å². The molecular formula is C11H20N3O3S-. The Morgan fingerprint density at radius 2 is 1.83 bits per heavy atom. The van der Waals surface area contributed by atoms with Crippen LogP contribution in [0.1, 0.15) is 39.5 Å². The molecule has 0 aliphatic heterocycles. The van der Waals surface area contributed by atoms with Crippen molar-refractivity contribution in [3.05, 3.63) is 0 Å². The van der Waals surface area contributed by atoms with E-state index in [9.17, 15) is 14.7 Å². The highest BCUT2D eigenvalue weighted by Crippen LogP contribution is 2.16. The minimum absolute atomic E-state index is 0.0420. The fourth-order valence-corrected chi connectivity index (χ4v) is 1.46. The minimum atomic E-state index is -1.11. The SMILES string of the molecule is CC(C)CC[C@H](CCC(=O)NNC(N)=S)C(=O)[O-]. The Bertz CT molecular complexity index is 308. The first-order valence-electron chi connectivity index (χ1n) is 5.88. The molecule has 18 heavy (non-hydrogen) atoms. The highest BCUT2D eigenvalue weighted by Gasteiger charge is 2.13. The predicted molar refractivity (Wildman–Crippen MR) is 69.9 cm³/mol. The molecule has 7 heteroatoms. The number of carbonyl (C=O) groups excluding carboxylic acids is 2. The van der Waals surface area contributed by atoms with Crippen LogP contribution in [0.25, 0.3) is 0 Å². The fraction of sp³-hybridized carbons (Fsp3) is 0.727. The molecule has 104 valence electrons. The van der Waals surface area contributed by atoms with Gasteiger partial charge in [0.15, 0.2) is 5.11 Å². The zero-order chi connectivity index (χ0) is 14.1. The van der Waals surface area contributed by atoms with Gasteiger partial charge in [0.2, 0.25) is 5.91 Å². The Kier molecular flexibility index (Phi) is 8.02. The molecule has 6 nitrogen and oxygen atoms in total. The van der Waals surface area contributed by atoms with Crippen molar-refractivity contribution in [1.29, 1.82) is 0 Å². The molecule has 1 amide bonds. The van der Waals surface area contributed by atoms with Crippen LogP contribution in [0.15, 0.2) is 0 Å². The second kappa shape index (κ2) is 8.68. The predicted octanol–water partition coefficient (Wildman–Crippen LogP) is -0.567. The van der Waals surface area contributed by atoms with Crippen molar-refractivity contribution in [3.8, 4) is 0 Å². The van der Waals surface area contributed by atoms with Crippen LogP contribution in [-0.2, 0) is 9.59 Å². The van der Waals surface area contributed by atoms with Crippen LogP contribution in [0.4, 0.5) is 0 Å². The third kappa shape index (κ3) is 8.74. The molecule has 0 saturated carbocycles. The molecule has 0 rings (SSSR count). The molecule has 0 heterocycles. The van der Waals surface area contributed by atoms with Gasteiger partial charge in [-0.15, -0.1) is 0 Å². The van der Waals surface area contributed by atoms with E-state index in [0.717, 1.165) is 6.42 Å². The van der Waals surface area contributed by atoms with Gasteiger partial charge < -0.3 is 15.6 Å². The van der Waals surface area contributed by atoms with Gasteiger partial charge in [-0.05, 0) is 36.9 Å². The molecule has 0 aromatic heterocycles. The Hall–Kier alpha value is -1.37. The Labute approximate surface area is 112 Å². The molecule has 0 saturated heterocycles. The largest absolute Gasteiger partial charge is 0.550 e. The topological polar surface area (TPSA) is 107 Å². The average molecular weight is 274 g/mol. The molecule has 0 unspecified atom stereocenters. The number of carboxylic acid groups (broad SMARTS) is 1. The number of hydrogen-bond acceptors (Lipinski definition) is 4. The normalized spacial score (nSPS) is 11.9. The monoisotopic (exact) mass is 274 g/mol. The summed E-state index contributed by atoms with van der Waals surface area (Å²) in [6.07, 6.45) is 1.66. The van der Waals surface area contributed by atoms with Gasteiger partial charge in [-0.1, -0.05) is 20.3 Å². The maximum atomic E-state index is 11.3. The first-order valence-corrected chi connectivity index (χ1v) is 6.29. The van der Waals surface area contributed by atoms with Crippen LogP contribution in [0.3, 0.4) is 0 Å². The van der Waals surface area contributed by atoms with Gasteiger partial charge in [0.1, 0.15) is 0 Å². The van der Waals surface area contributed by atoms with Gasteiger partial charge in [-0.2, -0.15) is 0 Å². The third-order valence-corrected chi connectivity index (χ3v) is 2.57. The molecule has 1 atom stereocenters. The lowest BCUT2D eigenvalue weighted by molar-refractivity contribution is -0.312. The van der Waals surface area contributed by atoms with Crippen LogP contribution in [0.5, 0.6) is 0 Å². The number of thiocarbonyl (C=S) groups is 1. The maximum Gasteiger partial charge on any atom is 0.238 e. The van der Waals surface area contributed by atoms with Gasteiger partial charge in [0, 0.05) is 12.4 Å². The Morgan fingerprint density at radius 1 is 1.22 bits per heavy atom. The third-order valence-electron chi connectivity index (χ3n) is 2.47. The lowest BCUT2D eigenvalue weighted by Gasteiger charge is -2.18. The van der Waals surface area contributed by atoms with Crippen molar-refractivity contribution in [3.63, 3.8) is 0 Å². The van der Waals surface area contributed by atoms with Crippen LogP contribution in [-0.4, -0.2) is 17.0 Å². The number of hydrogen-bond donors (Lipinski definition) is 3. The summed E-state index contributed by atoms with van der Waals surface area (Å²) in [6, 6.07) is 0. The van der Waals surface area contributed by atoms with Crippen LogP contribution < -0.4 is 21.7 Å². The van der Waals surface area contributed by atoms with Crippen LogP contribution in [0, 0.1) is 11.8 Å². The molecule has 0 aliphatic carbocycles. The molecule has 0 fully saturated rings. The summed E-state index contributed by atoms with van der Waals surface area (Å²) in [5.41, 5.74) is 9.70. The molecular weight excluding hydrogens is 254 g/mol. The van der Waals surface area contributed by atoms with Gasteiger partial charge in [-0.25, -0.2) is 0 Å². The number of amides is 1. The van der Waals surface area contributed by atoms with E-state index in [1.54, 1.807) is 0 Å². The quantitative estimate of drug-likeness (QED) is 0.424. The number of hydrazine groups is 1. The highest BCUT2D eigenvalue weighted by atomic mass is 32.1. The van der Waals surface area contributed by atoms with Crippen molar-refractivity contribution in [2.75, 3.05) is 0 Å². The van der Waals surface area contributed by atoms with E-state index in [0.29, 0.717) is 12.3 Å². The number of nitrogens with one attached hydrogen (secondary N) is 2. The molecule has 0 radical (unpaired) electrons. The van der Waals surface area contributed by atoms with Crippen molar-refractivity contribution in [2.24, 2.45) is 17.6 Å². The minimum Gasteiger partial charge on any atom is -0.550 e. The summed E-state index contributed by atoms with van der Waals surface area (Å²) >= 11 is 4.51. The first-order chi connectivity index (χ1) is 8.32. The van der Waals surface area contributed by atoms with E-state index < -0.39 is 11.9 Å². The van der Waals surface area contributed by atoms with E-state index in [1.165, 1.54) is 0 Å². The second-order valence-electron chi connectivity index (χ2n) is 4.56. The van der Waals surface area contributed by atoms with Crippen molar-refractivity contribution < 1.29 is 14.7 Å². The molecule has 0 spiro atoms. The number of carboxylic acids is 1. The fourth-order valence-electron chi connectivity index (χ4n) is 1.41. The zero-order valence-electron chi connectivity index (χ0n) is 10.7. The summed E-state index contributed by atoms with van der Waals surface area (Å²) in [6.45, 7) is 4.04. The Balaban J connectivity index is 3.99. The smallest absolute Gasteiger partial charge is 0.238 e. The molecule has 0 aliphatic rings. The lowest BCUT2D eigenvalue weighted by Crippen LogP contribution is -2.44. The first kappa shape index (κ1) is 16.6. The number of nitrogens with two attached hydrogens (primary N) is 1. The van der Waals surface area contributed by atoms with Crippen molar-refractivity contribution in [2.45, 2.75) is 39.5 Å². The van der Waals surface area contributed by atoms with Crippen LogP contribution >= 0.6 is 12.2 Å². The summed E-state index contributed by atoms with van der Waals surface area (Å²) in [5.74, 6) is -1.62. The van der Waals surface area contributed by atoms with Gasteiger partial charge >= 0.3 is 0 Å². The lowest BCUT2D eigenvalue weighted by atomic mass is 9.94. The standard InChI is InChI=1S/C11H21N3O3S/c1-7(2)3-4-8(10(16)17)5-6-9(15)13-14-11(12)18/h7-8H,3-6H2,1-2H3,(H,13,15)(H,16,17)(H3,12,14,18)/p-1/t8-/m1/s1. The van der Waals surface area contributed by atoms with E-state index in [1.807, 2.05) is 13.8 Å². The highest BCUT2D eigenvalue weighted by molar-refractivity contribution is 7.80. The number of aliphatic carboxylic acids is 1. The summed E-state index contributed by atoms with van der Waals surface area (Å²) in [4.78, 5) is 22.2.